The van der Waals surface area contributed by atoms with Gasteiger partial charge in [-0.3, -0.25) is 4.90 Å². The molecule has 6 heteroatoms. The van der Waals surface area contributed by atoms with Crippen LogP contribution in [0.1, 0.15) is 39.7 Å². The average Bonchev–Trinajstić information content (AvgIpc) is 3.00. The molecule has 6 nitrogen and oxygen atoms in total. The number of nitrogens with zero attached hydrogens (tertiary/aromatic N) is 1. The largest absolute Gasteiger partial charge is 0.464 e. The molecule has 1 aliphatic heterocycles. The highest BCUT2D eigenvalue weighted by atomic mass is 16.6. The van der Waals surface area contributed by atoms with Crippen molar-refractivity contribution in [2.45, 2.75) is 58.4 Å². The lowest BCUT2D eigenvalue weighted by Crippen LogP contribution is -2.47. The van der Waals surface area contributed by atoms with Crippen molar-refractivity contribution < 1.29 is 23.8 Å². The highest BCUT2D eigenvalue weighted by molar-refractivity contribution is 5.83. The molecule has 1 heterocycles. The van der Waals surface area contributed by atoms with Gasteiger partial charge in [0.25, 0.3) is 0 Å². The normalized spacial score (nSPS) is 22.0. The van der Waals surface area contributed by atoms with Gasteiger partial charge in [-0.05, 0) is 39.7 Å². The van der Waals surface area contributed by atoms with Gasteiger partial charge in [-0.1, -0.05) is 36.4 Å². The fraction of sp³-hybridized carbons (Fsp3) is 0.545. The van der Waals surface area contributed by atoms with E-state index >= 15 is 0 Å². The minimum absolute atomic E-state index is 0.0665. The molecule has 28 heavy (non-hydrogen) atoms. The summed E-state index contributed by atoms with van der Waals surface area (Å²) in [4.78, 5) is 26.7. The Morgan fingerprint density at radius 1 is 1.25 bits per heavy atom. The van der Waals surface area contributed by atoms with Gasteiger partial charge in [0.15, 0.2) is 0 Å². The minimum Gasteiger partial charge on any atom is -0.464 e. The highest BCUT2D eigenvalue weighted by Gasteiger charge is 2.48. The summed E-state index contributed by atoms with van der Waals surface area (Å²) in [6.07, 6.45) is 1.59. The molecule has 154 valence electrons. The van der Waals surface area contributed by atoms with Crippen molar-refractivity contribution in [2.24, 2.45) is 5.92 Å². The number of likely N-dealkylation sites (tertiary alicyclic amines) is 1. The van der Waals surface area contributed by atoms with Crippen LogP contribution in [0.15, 0.2) is 43.0 Å². The summed E-state index contributed by atoms with van der Waals surface area (Å²) in [5.41, 5.74) is 0.408. The Morgan fingerprint density at radius 3 is 2.50 bits per heavy atom. The standard InChI is InChI=1S/C22H31NO5/c1-6-18-17(15-26-14-16-11-9-8-10-12-16)13-19(20(24)27-7-2)23(18)21(25)28-22(3,4)5/h6,8-12,17-19H,1,7,13-15H2,2-5H3/t17-,18-,19+/m1/s1. The number of hydrogen-bond donors (Lipinski definition) is 0. The van der Waals surface area contributed by atoms with Crippen LogP contribution >= 0.6 is 0 Å². The second kappa shape index (κ2) is 9.73. The Labute approximate surface area is 167 Å². The molecule has 1 saturated heterocycles. The van der Waals surface area contributed by atoms with E-state index in [-0.39, 0.29) is 18.6 Å². The third-order valence-corrected chi connectivity index (χ3v) is 4.51. The maximum absolute atomic E-state index is 12.8. The van der Waals surface area contributed by atoms with Gasteiger partial charge in [-0.2, -0.15) is 0 Å². The molecule has 1 aromatic rings. The van der Waals surface area contributed by atoms with E-state index in [0.717, 1.165) is 5.56 Å². The van der Waals surface area contributed by atoms with Crippen LogP contribution < -0.4 is 0 Å². The molecule has 0 N–H and O–H groups in total. The van der Waals surface area contributed by atoms with Gasteiger partial charge in [-0.15, -0.1) is 6.58 Å². The van der Waals surface area contributed by atoms with E-state index < -0.39 is 23.7 Å². The lowest BCUT2D eigenvalue weighted by atomic mass is 10.00. The molecule has 0 bridgehead atoms. The molecule has 2 rings (SSSR count). The number of ether oxygens (including phenoxy) is 3. The predicted molar refractivity (Wildman–Crippen MR) is 107 cm³/mol. The zero-order valence-electron chi connectivity index (χ0n) is 17.2. The van der Waals surface area contributed by atoms with Crippen LogP contribution in [0, 0.1) is 5.92 Å². The summed E-state index contributed by atoms with van der Waals surface area (Å²) < 4.78 is 16.6. The number of amides is 1. The van der Waals surface area contributed by atoms with E-state index in [2.05, 4.69) is 6.58 Å². The molecule has 1 amide bonds. The molecule has 0 unspecified atom stereocenters. The van der Waals surface area contributed by atoms with Gasteiger partial charge in [0.05, 0.1) is 25.9 Å². The van der Waals surface area contributed by atoms with Crippen LogP contribution in [-0.2, 0) is 25.6 Å². The van der Waals surface area contributed by atoms with E-state index in [4.69, 9.17) is 14.2 Å². The van der Waals surface area contributed by atoms with E-state index in [1.54, 1.807) is 33.8 Å². The van der Waals surface area contributed by atoms with Crippen molar-refractivity contribution in [3.63, 3.8) is 0 Å². The molecule has 0 aromatic heterocycles. The first kappa shape index (κ1) is 22.0. The molecule has 1 aromatic carbocycles. The number of hydrogen-bond acceptors (Lipinski definition) is 5. The first-order chi connectivity index (χ1) is 13.3. The fourth-order valence-corrected chi connectivity index (χ4v) is 3.36. The summed E-state index contributed by atoms with van der Waals surface area (Å²) >= 11 is 0. The molecule has 1 aliphatic rings. The molecule has 0 radical (unpaired) electrons. The predicted octanol–water partition coefficient (Wildman–Crippen LogP) is 3.95. The Balaban J connectivity index is 2.12. The molecule has 1 fully saturated rings. The number of benzene rings is 1. The number of carbonyl (C=O) groups excluding carboxylic acids is 2. The van der Waals surface area contributed by atoms with Crippen LogP contribution in [-0.4, -0.2) is 47.9 Å². The van der Waals surface area contributed by atoms with E-state index in [0.29, 0.717) is 19.6 Å². The number of esters is 1. The second-order valence-corrected chi connectivity index (χ2v) is 7.88. The molecule has 0 spiro atoms. The van der Waals surface area contributed by atoms with E-state index in [1.165, 1.54) is 4.90 Å². The van der Waals surface area contributed by atoms with Crippen molar-refractivity contribution >= 4 is 12.1 Å². The summed E-state index contributed by atoms with van der Waals surface area (Å²) in [5, 5.41) is 0. The summed E-state index contributed by atoms with van der Waals surface area (Å²) in [5.74, 6) is -0.492. The average molecular weight is 389 g/mol. The first-order valence-corrected chi connectivity index (χ1v) is 9.69. The molecule has 0 aliphatic carbocycles. The zero-order chi connectivity index (χ0) is 20.7. The van der Waals surface area contributed by atoms with Crippen molar-refractivity contribution in [3.8, 4) is 0 Å². The highest BCUT2D eigenvalue weighted by Crippen LogP contribution is 2.33. The van der Waals surface area contributed by atoms with Gasteiger partial charge < -0.3 is 14.2 Å². The lowest BCUT2D eigenvalue weighted by molar-refractivity contribution is -0.148. The topological polar surface area (TPSA) is 65.1 Å². The van der Waals surface area contributed by atoms with Crippen LogP contribution in [0.2, 0.25) is 0 Å². The lowest BCUT2D eigenvalue weighted by Gasteiger charge is -2.31. The Hall–Kier alpha value is -2.34. The van der Waals surface area contributed by atoms with Gasteiger partial charge in [0, 0.05) is 5.92 Å². The fourth-order valence-electron chi connectivity index (χ4n) is 3.36. The van der Waals surface area contributed by atoms with Crippen LogP contribution in [0.3, 0.4) is 0 Å². The van der Waals surface area contributed by atoms with Crippen LogP contribution in [0.4, 0.5) is 4.79 Å². The maximum atomic E-state index is 12.8. The van der Waals surface area contributed by atoms with Gasteiger partial charge in [-0.25, -0.2) is 9.59 Å². The monoisotopic (exact) mass is 389 g/mol. The first-order valence-electron chi connectivity index (χ1n) is 9.69. The van der Waals surface area contributed by atoms with Gasteiger partial charge in [0.2, 0.25) is 0 Å². The van der Waals surface area contributed by atoms with Crippen LogP contribution in [0.5, 0.6) is 0 Å². The smallest absolute Gasteiger partial charge is 0.411 e. The maximum Gasteiger partial charge on any atom is 0.411 e. The Morgan fingerprint density at radius 2 is 1.93 bits per heavy atom. The molecular weight excluding hydrogens is 358 g/mol. The Kier molecular flexibility index (Phi) is 7.63. The SMILES string of the molecule is C=C[C@@H]1[C@@H](COCc2ccccc2)C[C@@H](C(=O)OCC)N1C(=O)OC(C)(C)C. The summed E-state index contributed by atoms with van der Waals surface area (Å²) in [6.45, 7) is 12.1. The summed E-state index contributed by atoms with van der Waals surface area (Å²) in [6, 6.07) is 8.80. The minimum atomic E-state index is -0.705. The van der Waals surface area contributed by atoms with Gasteiger partial charge in [0.1, 0.15) is 11.6 Å². The molecule has 0 saturated carbocycles. The van der Waals surface area contributed by atoms with Crippen molar-refractivity contribution in [2.75, 3.05) is 13.2 Å². The van der Waals surface area contributed by atoms with E-state index in [9.17, 15) is 9.59 Å². The third kappa shape index (κ3) is 5.83. The van der Waals surface area contributed by atoms with Gasteiger partial charge >= 0.3 is 12.1 Å². The molecule has 3 atom stereocenters. The number of carbonyl (C=O) groups is 2. The van der Waals surface area contributed by atoms with Crippen molar-refractivity contribution in [3.05, 3.63) is 48.6 Å². The molecular formula is C22H31NO5. The van der Waals surface area contributed by atoms with Crippen LogP contribution in [0.25, 0.3) is 0 Å². The van der Waals surface area contributed by atoms with E-state index in [1.807, 2.05) is 30.3 Å². The zero-order valence-corrected chi connectivity index (χ0v) is 17.2. The quantitative estimate of drug-likeness (QED) is 0.522. The number of rotatable bonds is 7. The Bertz CT molecular complexity index is 667. The third-order valence-electron chi connectivity index (χ3n) is 4.51. The van der Waals surface area contributed by atoms with Crippen molar-refractivity contribution in [1.82, 2.24) is 4.90 Å². The van der Waals surface area contributed by atoms with Crippen molar-refractivity contribution in [1.29, 1.82) is 0 Å². The second-order valence-electron chi connectivity index (χ2n) is 7.88. The summed E-state index contributed by atoms with van der Waals surface area (Å²) in [7, 11) is 0.